The number of methoxy groups -OCH3 is 1. The molecule has 144 valence electrons. The van der Waals surface area contributed by atoms with E-state index in [-0.39, 0.29) is 12.5 Å². The Morgan fingerprint density at radius 1 is 1.07 bits per heavy atom. The molecular weight excluding hydrogens is 342 g/mol. The van der Waals surface area contributed by atoms with E-state index in [9.17, 15) is 4.79 Å². The summed E-state index contributed by atoms with van der Waals surface area (Å²) in [5, 5.41) is 0. The van der Waals surface area contributed by atoms with Crippen LogP contribution >= 0.6 is 0 Å². The molecule has 0 saturated carbocycles. The molecule has 2 aromatic rings. The van der Waals surface area contributed by atoms with Gasteiger partial charge in [0.2, 0.25) is 0 Å². The highest BCUT2D eigenvalue weighted by Gasteiger charge is 2.12. The van der Waals surface area contributed by atoms with Crippen LogP contribution in [-0.2, 0) is 11.3 Å². The van der Waals surface area contributed by atoms with Crippen molar-refractivity contribution < 1.29 is 19.0 Å². The Hall–Kier alpha value is -2.95. The van der Waals surface area contributed by atoms with Gasteiger partial charge in [-0.1, -0.05) is 30.4 Å². The fourth-order valence-electron chi connectivity index (χ4n) is 2.57. The zero-order valence-electron chi connectivity index (χ0n) is 16.4. The minimum atomic E-state index is -0.108. The summed E-state index contributed by atoms with van der Waals surface area (Å²) < 4.78 is 16.5. The van der Waals surface area contributed by atoms with Crippen molar-refractivity contribution in [3.63, 3.8) is 0 Å². The summed E-state index contributed by atoms with van der Waals surface area (Å²) >= 11 is 0. The first-order valence-corrected chi connectivity index (χ1v) is 8.96. The van der Waals surface area contributed by atoms with Gasteiger partial charge in [0.1, 0.15) is 5.75 Å². The van der Waals surface area contributed by atoms with Gasteiger partial charge in [0.25, 0.3) is 5.91 Å². The van der Waals surface area contributed by atoms with Gasteiger partial charge in [0, 0.05) is 13.6 Å². The number of carbonyl (C=O) groups excluding carboxylic acids is 1. The zero-order chi connectivity index (χ0) is 19.6. The second kappa shape index (κ2) is 10.3. The number of ether oxygens (including phenoxy) is 3. The van der Waals surface area contributed by atoms with Crippen LogP contribution in [-0.4, -0.2) is 38.2 Å². The van der Waals surface area contributed by atoms with E-state index in [1.54, 1.807) is 19.1 Å². The van der Waals surface area contributed by atoms with Crippen LogP contribution in [0.3, 0.4) is 0 Å². The van der Waals surface area contributed by atoms with Crippen molar-refractivity contribution in [1.82, 2.24) is 4.90 Å². The van der Waals surface area contributed by atoms with Crippen LogP contribution in [0.15, 0.2) is 48.5 Å². The van der Waals surface area contributed by atoms with Crippen molar-refractivity contribution in [1.29, 1.82) is 0 Å². The van der Waals surface area contributed by atoms with Gasteiger partial charge < -0.3 is 19.1 Å². The largest absolute Gasteiger partial charge is 0.494 e. The normalized spacial score (nSPS) is 10.7. The number of hydrogen-bond acceptors (Lipinski definition) is 4. The third-order valence-electron chi connectivity index (χ3n) is 3.98. The summed E-state index contributed by atoms with van der Waals surface area (Å²) in [6, 6.07) is 13.3. The molecule has 0 saturated heterocycles. The molecule has 0 aromatic heterocycles. The van der Waals surface area contributed by atoms with Gasteiger partial charge in [-0.05, 0) is 49.2 Å². The Labute approximate surface area is 161 Å². The van der Waals surface area contributed by atoms with Crippen molar-refractivity contribution >= 4 is 12.0 Å². The van der Waals surface area contributed by atoms with Crippen LogP contribution in [0.5, 0.6) is 17.2 Å². The molecule has 0 aliphatic carbocycles. The van der Waals surface area contributed by atoms with Gasteiger partial charge in [0.05, 0.1) is 13.7 Å². The highest BCUT2D eigenvalue weighted by Crippen LogP contribution is 2.28. The maximum Gasteiger partial charge on any atom is 0.260 e. The standard InChI is InChI=1S/C22H27NO4/c1-5-7-17-10-13-20(21(14-17)25-4)27-16-22(24)23(3)15-18-8-11-19(12-9-18)26-6-2/h5,7-14H,6,15-16H2,1-4H3. The van der Waals surface area contributed by atoms with Crippen LogP contribution in [0.1, 0.15) is 25.0 Å². The summed E-state index contributed by atoms with van der Waals surface area (Å²) in [6.45, 7) is 4.99. The van der Waals surface area contributed by atoms with Gasteiger partial charge in [-0.25, -0.2) is 0 Å². The highest BCUT2D eigenvalue weighted by atomic mass is 16.5. The van der Waals surface area contributed by atoms with Gasteiger partial charge in [-0.2, -0.15) is 0 Å². The smallest absolute Gasteiger partial charge is 0.260 e. The summed E-state index contributed by atoms with van der Waals surface area (Å²) in [6.07, 6.45) is 3.93. The number of nitrogens with zero attached hydrogens (tertiary/aromatic N) is 1. The van der Waals surface area contributed by atoms with E-state index in [2.05, 4.69) is 0 Å². The molecule has 0 heterocycles. The molecule has 1 amide bonds. The van der Waals surface area contributed by atoms with E-state index in [1.807, 2.05) is 68.5 Å². The number of hydrogen-bond donors (Lipinski definition) is 0. The second-order valence-corrected chi connectivity index (χ2v) is 6.03. The maximum absolute atomic E-state index is 12.4. The van der Waals surface area contributed by atoms with Gasteiger partial charge in [-0.15, -0.1) is 0 Å². The molecule has 2 aromatic carbocycles. The highest BCUT2D eigenvalue weighted by molar-refractivity contribution is 5.77. The Kier molecular flexibility index (Phi) is 7.74. The fraction of sp³-hybridized carbons (Fsp3) is 0.318. The lowest BCUT2D eigenvalue weighted by Crippen LogP contribution is -2.31. The Balaban J connectivity index is 1.92. The van der Waals surface area contributed by atoms with Crippen molar-refractivity contribution in [3.8, 4) is 17.2 Å². The predicted octanol–water partition coefficient (Wildman–Crippen LogP) is 4.16. The average molecular weight is 369 g/mol. The van der Waals surface area contributed by atoms with Crippen LogP contribution in [0.25, 0.3) is 6.08 Å². The fourth-order valence-corrected chi connectivity index (χ4v) is 2.57. The van der Waals surface area contributed by atoms with Crippen molar-refractivity contribution in [3.05, 3.63) is 59.7 Å². The topological polar surface area (TPSA) is 48.0 Å². The third-order valence-corrected chi connectivity index (χ3v) is 3.98. The number of rotatable bonds is 9. The first-order valence-electron chi connectivity index (χ1n) is 8.96. The molecule has 0 spiro atoms. The second-order valence-electron chi connectivity index (χ2n) is 6.03. The summed E-state index contributed by atoms with van der Waals surface area (Å²) in [5.41, 5.74) is 2.04. The number of amides is 1. The van der Waals surface area contributed by atoms with Gasteiger partial charge in [-0.3, -0.25) is 4.79 Å². The maximum atomic E-state index is 12.4. The molecule has 0 aliphatic heterocycles. The molecule has 5 heteroatoms. The Morgan fingerprint density at radius 3 is 2.44 bits per heavy atom. The quantitative estimate of drug-likeness (QED) is 0.666. The molecule has 0 N–H and O–H groups in total. The van der Waals surface area contributed by atoms with Gasteiger partial charge >= 0.3 is 0 Å². The molecule has 0 atom stereocenters. The number of carbonyl (C=O) groups is 1. The molecule has 0 radical (unpaired) electrons. The van der Waals surface area contributed by atoms with E-state index < -0.39 is 0 Å². The first kappa shape index (κ1) is 20.4. The number of likely N-dealkylation sites (N-methyl/N-ethyl adjacent to an activating group) is 1. The van der Waals surface area contributed by atoms with Crippen molar-refractivity contribution in [2.24, 2.45) is 0 Å². The molecule has 27 heavy (non-hydrogen) atoms. The molecule has 5 nitrogen and oxygen atoms in total. The van der Waals surface area contributed by atoms with E-state index in [0.717, 1.165) is 16.9 Å². The molecular formula is C22H27NO4. The van der Waals surface area contributed by atoms with Gasteiger partial charge in [0.15, 0.2) is 18.1 Å². The average Bonchev–Trinajstić information content (AvgIpc) is 2.68. The Bertz CT molecular complexity index is 768. The first-order chi connectivity index (χ1) is 13.1. The lowest BCUT2D eigenvalue weighted by Gasteiger charge is -2.18. The number of allylic oxidation sites excluding steroid dienone is 1. The van der Waals surface area contributed by atoms with Crippen LogP contribution in [0, 0.1) is 0 Å². The van der Waals surface area contributed by atoms with E-state index in [0.29, 0.717) is 24.7 Å². The summed E-state index contributed by atoms with van der Waals surface area (Å²) in [5.74, 6) is 1.87. The third kappa shape index (κ3) is 6.06. The van der Waals surface area contributed by atoms with Crippen LogP contribution in [0.4, 0.5) is 0 Å². The van der Waals surface area contributed by atoms with Crippen molar-refractivity contribution in [2.75, 3.05) is 27.4 Å². The molecule has 0 aliphatic rings. The van der Waals surface area contributed by atoms with Crippen molar-refractivity contribution in [2.45, 2.75) is 20.4 Å². The molecule has 0 fully saturated rings. The zero-order valence-corrected chi connectivity index (χ0v) is 16.4. The minimum absolute atomic E-state index is 0.0488. The molecule has 0 unspecified atom stereocenters. The summed E-state index contributed by atoms with van der Waals surface area (Å²) in [7, 11) is 3.34. The Morgan fingerprint density at radius 2 is 1.81 bits per heavy atom. The predicted molar refractivity (Wildman–Crippen MR) is 107 cm³/mol. The van der Waals surface area contributed by atoms with E-state index in [1.165, 1.54) is 0 Å². The van der Waals surface area contributed by atoms with E-state index >= 15 is 0 Å². The number of benzene rings is 2. The lowest BCUT2D eigenvalue weighted by atomic mass is 10.2. The monoisotopic (exact) mass is 369 g/mol. The van der Waals surface area contributed by atoms with E-state index in [4.69, 9.17) is 14.2 Å². The molecule has 2 rings (SSSR count). The SMILES string of the molecule is CC=Cc1ccc(OCC(=O)N(C)Cc2ccc(OCC)cc2)c(OC)c1. The molecule has 0 bridgehead atoms. The van der Waals surface area contributed by atoms with Crippen LogP contribution in [0.2, 0.25) is 0 Å². The minimum Gasteiger partial charge on any atom is -0.494 e. The summed E-state index contributed by atoms with van der Waals surface area (Å²) in [4.78, 5) is 14.0. The lowest BCUT2D eigenvalue weighted by molar-refractivity contribution is -0.132. The van der Waals surface area contributed by atoms with Crippen LogP contribution < -0.4 is 14.2 Å².